The molecule has 0 fully saturated rings. The number of hydrogen-bond donors (Lipinski definition) is 1. The fraction of sp³-hybridized carbons (Fsp3) is 0.625. The first kappa shape index (κ1) is 23.3. The van der Waals surface area contributed by atoms with E-state index >= 15 is 0 Å². The lowest BCUT2D eigenvalue weighted by atomic mass is 9.96. The Bertz CT molecular complexity index is 459. The van der Waals surface area contributed by atoms with Crippen LogP contribution in [-0.4, -0.2) is 60.2 Å². The maximum absolute atomic E-state index is 11.5. The summed E-state index contributed by atoms with van der Waals surface area (Å²) < 4.78 is 15.5. The van der Waals surface area contributed by atoms with Crippen LogP contribution in [0.1, 0.15) is 13.8 Å². The van der Waals surface area contributed by atoms with E-state index in [9.17, 15) is 14.7 Å². The molecular weight excluding hydrogens is 448 g/mol. The zero-order valence-electron chi connectivity index (χ0n) is 14.0. The van der Waals surface area contributed by atoms with Crippen molar-refractivity contribution in [2.45, 2.75) is 20.0 Å². The number of aliphatic hydroxyl groups is 1. The fourth-order valence-corrected chi connectivity index (χ4v) is 2.90. The van der Waals surface area contributed by atoms with E-state index in [0.717, 1.165) is 0 Å². The monoisotopic (exact) mass is 470 g/mol. The van der Waals surface area contributed by atoms with E-state index in [4.69, 9.17) is 14.2 Å². The molecule has 138 valence electrons. The molecule has 1 N–H and O–H groups in total. The van der Waals surface area contributed by atoms with Gasteiger partial charge in [-0.1, -0.05) is 45.0 Å². The van der Waals surface area contributed by atoms with Gasteiger partial charge in [0.15, 0.2) is 0 Å². The minimum atomic E-state index is -0.949. The maximum atomic E-state index is 11.5. The van der Waals surface area contributed by atoms with Crippen molar-refractivity contribution in [3.05, 3.63) is 24.3 Å². The minimum Gasteiger partial charge on any atom is -0.462 e. The summed E-state index contributed by atoms with van der Waals surface area (Å²) in [5.41, 5.74) is 0.0999. The Morgan fingerprint density at radius 2 is 1.50 bits per heavy atom. The van der Waals surface area contributed by atoms with E-state index in [1.165, 1.54) is 6.92 Å². The van der Waals surface area contributed by atoms with Crippen LogP contribution in [0.4, 0.5) is 0 Å². The van der Waals surface area contributed by atoms with Gasteiger partial charge >= 0.3 is 11.9 Å². The van der Waals surface area contributed by atoms with Crippen LogP contribution in [0.3, 0.4) is 0 Å². The standard InChI is InChI=1S/C16H24Br2O6/c1-11(2)14(20)23-6-13(19)5-22-9-16(7-17,8-18)10-24-15(21)12(3)4/h13,19H,1,3,5-10H2,2,4H3. The Morgan fingerprint density at radius 1 is 1.00 bits per heavy atom. The van der Waals surface area contributed by atoms with Gasteiger partial charge in [-0.2, -0.15) is 0 Å². The lowest BCUT2D eigenvalue weighted by Crippen LogP contribution is -2.38. The molecule has 0 amide bonds. The third kappa shape index (κ3) is 8.96. The topological polar surface area (TPSA) is 82.1 Å². The summed E-state index contributed by atoms with van der Waals surface area (Å²) in [6.45, 7) is 10.3. The first-order valence-corrected chi connectivity index (χ1v) is 9.44. The Labute approximate surface area is 159 Å². The van der Waals surface area contributed by atoms with Gasteiger partial charge in [0, 0.05) is 27.2 Å². The number of rotatable bonds is 12. The molecule has 0 saturated carbocycles. The van der Waals surface area contributed by atoms with Crippen molar-refractivity contribution in [3.8, 4) is 0 Å². The molecule has 0 aliphatic heterocycles. The highest BCUT2D eigenvalue weighted by molar-refractivity contribution is 9.09. The maximum Gasteiger partial charge on any atom is 0.333 e. The van der Waals surface area contributed by atoms with Crippen LogP contribution in [0.5, 0.6) is 0 Å². The van der Waals surface area contributed by atoms with Crippen LogP contribution in [0.15, 0.2) is 24.3 Å². The second-order valence-corrected chi connectivity index (χ2v) is 6.79. The van der Waals surface area contributed by atoms with E-state index < -0.39 is 23.5 Å². The SMILES string of the molecule is C=C(C)C(=O)OCC(O)COCC(CBr)(CBr)COC(=O)C(=C)C. The molecule has 0 saturated heterocycles. The molecule has 0 rings (SSSR count). The lowest BCUT2D eigenvalue weighted by molar-refractivity contribution is -0.144. The number of alkyl halides is 2. The predicted octanol–water partition coefficient (Wildman–Crippen LogP) is 2.38. The second-order valence-electron chi connectivity index (χ2n) is 5.67. The zero-order valence-corrected chi connectivity index (χ0v) is 17.2. The second kappa shape index (κ2) is 11.8. The number of ether oxygens (including phenoxy) is 3. The van der Waals surface area contributed by atoms with Crippen molar-refractivity contribution in [2.24, 2.45) is 5.41 Å². The summed E-state index contributed by atoms with van der Waals surface area (Å²) in [7, 11) is 0. The van der Waals surface area contributed by atoms with Crippen LogP contribution in [-0.2, 0) is 23.8 Å². The molecule has 1 atom stereocenters. The van der Waals surface area contributed by atoms with E-state index in [0.29, 0.717) is 16.2 Å². The molecule has 0 aromatic carbocycles. The summed E-state index contributed by atoms with van der Waals surface area (Å²) in [6.07, 6.45) is -0.949. The highest BCUT2D eigenvalue weighted by Gasteiger charge is 2.31. The number of hydrogen-bond acceptors (Lipinski definition) is 6. The Morgan fingerprint density at radius 3 is 1.96 bits per heavy atom. The van der Waals surface area contributed by atoms with Crippen molar-refractivity contribution in [1.29, 1.82) is 0 Å². The third-order valence-corrected chi connectivity index (χ3v) is 5.28. The van der Waals surface area contributed by atoms with Gasteiger partial charge in [-0.25, -0.2) is 9.59 Å². The molecular formula is C16H24Br2O6. The quantitative estimate of drug-likeness (QED) is 0.267. The van der Waals surface area contributed by atoms with E-state index in [-0.39, 0.29) is 32.0 Å². The summed E-state index contributed by atoms with van der Waals surface area (Å²) >= 11 is 6.78. The highest BCUT2D eigenvalue weighted by Crippen LogP contribution is 2.25. The average molecular weight is 472 g/mol. The molecule has 0 radical (unpaired) electrons. The number of carbonyl (C=O) groups excluding carboxylic acids is 2. The van der Waals surface area contributed by atoms with Gasteiger partial charge in [0.05, 0.1) is 13.2 Å². The van der Waals surface area contributed by atoms with E-state index in [1.54, 1.807) is 6.92 Å². The van der Waals surface area contributed by atoms with Gasteiger partial charge in [-0.15, -0.1) is 0 Å². The summed E-state index contributed by atoms with van der Waals surface area (Å²) in [5, 5.41) is 10.8. The number of carbonyl (C=O) groups is 2. The average Bonchev–Trinajstić information content (AvgIpc) is 2.55. The molecule has 0 aromatic heterocycles. The number of halogens is 2. The molecule has 1 unspecified atom stereocenters. The molecule has 0 heterocycles. The van der Waals surface area contributed by atoms with Crippen LogP contribution >= 0.6 is 31.9 Å². The zero-order chi connectivity index (χ0) is 18.8. The molecule has 0 bridgehead atoms. The summed E-state index contributed by atoms with van der Waals surface area (Å²) in [6, 6.07) is 0. The van der Waals surface area contributed by atoms with Crippen LogP contribution in [0, 0.1) is 5.41 Å². The van der Waals surface area contributed by atoms with Crippen molar-refractivity contribution < 1.29 is 28.9 Å². The van der Waals surface area contributed by atoms with Gasteiger partial charge in [0.1, 0.15) is 19.3 Å². The Balaban J connectivity index is 4.33. The molecule has 0 spiro atoms. The van der Waals surface area contributed by atoms with Crippen LogP contribution in [0.2, 0.25) is 0 Å². The molecule has 8 heteroatoms. The molecule has 0 aliphatic rings. The van der Waals surface area contributed by atoms with Crippen LogP contribution in [0.25, 0.3) is 0 Å². The Kier molecular flexibility index (Phi) is 11.4. The van der Waals surface area contributed by atoms with Crippen molar-refractivity contribution >= 4 is 43.8 Å². The first-order chi connectivity index (χ1) is 11.2. The van der Waals surface area contributed by atoms with Crippen molar-refractivity contribution in [2.75, 3.05) is 37.1 Å². The van der Waals surface area contributed by atoms with Crippen molar-refractivity contribution in [1.82, 2.24) is 0 Å². The summed E-state index contributed by atoms with van der Waals surface area (Å²) in [5.74, 6) is -1.02. The van der Waals surface area contributed by atoms with Gasteiger partial charge in [0.2, 0.25) is 0 Å². The number of aliphatic hydroxyl groups excluding tert-OH is 1. The minimum absolute atomic E-state index is 0.0142. The van der Waals surface area contributed by atoms with Crippen molar-refractivity contribution in [3.63, 3.8) is 0 Å². The normalized spacial score (nSPS) is 12.4. The van der Waals surface area contributed by atoms with Gasteiger partial charge in [0.25, 0.3) is 0 Å². The molecule has 24 heavy (non-hydrogen) atoms. The van der Waals surface area contributed by atoms with Gasteiger partial charge < -0.3 is 19.3 Å². The molecule has 6 nitrogen and oxygen atoms in total. The number of esters is 2. The van der Waals surface area contributed by atoms with Gasteiger partial charge in [-0.3, -0.25) is 0 Å². The lowest BCUT2D eigenvalue weighted by Gasteiger charge is -2.29. The first-order valence-electron chi connectivity index (χ1n) is 7.20. The fourth-order valence-electron chi connectivity index (χ4n) is 1.33. The van der Waals surface area contributed by atoms with Crippen LogP contribution < -0.4 is 0 Å². The van der Waals surface area contributed by atoms with E-state index in [2.05, 4.69) is 45.0 Å². The smallest absolute Gasteiger partial charge is 0.333 e. The molecule has 0 aliphatic carbocycles. The summed E-state index contributed by atoms with van der Waals surface area (Å²) in [4.78, 5) is 22.8. The largest absolute Gasteiger partial charge is 0.462 e. The third-order valence-electron chi connectivity index (χ3n) is 2.90. The highest BCUT2D eigenvalue weighted by atomic mass is 79.9. The van der Waals surface area contributed by atoms with E-state index in [1.807, 2.05) is 0 Å². The Hall–Kier alpha value is -0.700. The molecule has 0 aromatic rings. The van der Waals surface area contributed by atoms with Gasteiger partial charge in [-0.05, 0) is 13.8 Å². The predicted molar refractivity (Wildman–Crippen MR) is 98.4 cm³/mol.